The van der Waals surface area contributed by atoms with E-state index in [0.717, 1.165) is 11.1 Å². The molecule has 2 amide bonds. The van der Waals surface area contributed by atoms with Crippen LogP contribution in [-0.2, 0) is 41.6 Å². The van der Waals surface area contributed by atoms with Crippen LogP contribution in [0.4, 0.5) is 9.59 Å². The number of carbonyl (C=O) groups excluding carboxylic acids is 4. The second-order valence-electron chi connectivity index (χ2n) is 7.03. The molecule has 0 saturated heterocycles. The molecule has 0 aliphatic rings. The van der Waals surface area contributed by atoms with Crippen molar-refractivity contribution in [3.05, 3.63) is 35.4 Å². The van der Waals surface area contributed by atoms with Crippen LogP contribution in [0.2, 0.25) is 0 Å². The molecule has 2 N–H and O–H groups in total. The topological polar surface area (TPSA) is 129 Å². The Bertz CT molecular complexity index is 709. The highest BCUT2D eigenvalue weighted by Gasteiger charge is 2.13. The molecule has 0 radical (unpaired) electrons. The van der Waals surface area contributed by atoms with Gasteiger partial charge in [-0.15, -0.1) is 0 Å². The van der Waals surface area contributed by atoms with Crippen LogP contribution in [-0.4, -0.2) is 49.5 Å². The number of hydrogen-bond donors (Lipinski definition) is 2. The number of amides is 2. The zero-order valence-electron chi connectivity index (χ0n) is 19.0. The van der Waals surface area contributed by atoms with E-state index < -0.39 is 24.4 Å². The van der Waals surface area contributed by atoms with Crippen LogP contribution in [0.5, 0.6) is 0 Å². The van der Waals surface area contributed by atoms with Crippen LogP contribution < -0.4 is 10.6 Å². The Morgan fingerprint density at radius 1 is 0.781 bits per heavy atom. The van der Waals surface area contributed by atoms with Crippen LogP contribution in [0.15, 0.2) is 24.3 Å². The summed E-state index contributed by atoms with van der Waals surface area (Å²) in [5.74, 6) is -0.714. The minimum atomic E-state index is -0.630. The Morgan fingerprint density at radius 3 is 1.56 bits per heavy atom. The molecule has 0 aliphatic heterocycles. The molecule has 0 saturated carbocycles. The number of carbonyl (C=O) groups is 4. The van der Waals surface area contributed by atoms with Gasteiger partial charge in [0.15, 0.2) is 0 Å². The molecule has 2 unspecified atom stereocenters. The lowest BCUT2D eigenvalue weighted by Gasteiger charge is -2.15. The predicted octanol–water partition coefficient (Wildman–Crippen LogP) is 2.82. The van der Waals surface area contributed by atoms with Crippen LogP contribution in [0, 0.1) is 0 Å². The van der Waals surface area contributed by atoms with Crippen molar-refractivity contribution >= 4 is 24.1 Å². The summed E-state index contributed by atoms with van der Waals surface area (Å²) in [5.41, 5.74) is 1.61. The van der Waals surface area contributed by atoms with Crippen molar-refractivity contribution in [3.8, 4) is 0 Å². The van der Waals surface area contributed by atoms with E-state index >= 15 is 0 Å². The van der Waals surface area contributed by atoms with Gasteiger partial charge in [0, 0.05) is 25.9 Å². The zero-order valence-corrected chi connectivity index (χ0v) is 19.0. The zero-order chi connectivity index (χ0) is 23.9. The summed E-state index contributed by atoms with van der Waals surface area (Å²) >= 11 is 0. The van der Waals surface area contributed by atoms with E-state index in [2.05, 4.69) is 10.6 Å². The molecule has 0 heterocycles. The monoisotopic (exact) mass is 452 g/mol. The van der Waals surface area contributed by atoms with E-state index in [1.807, 2.05) is 18.2 Å². The van der Waals surface area contributed by atoms with Crippen LogP contribution in [0.25, 0.3) is 0 Å². The van der Waals surface area contributed by atoms with Gasteiger partial charge >= 0.3 is 24.1 Å². The van der Waals surface area contributed by atoms with E-state index in [0.29, 0.717) is 0 Å². The molecule has 2 atom stereocenters. The van der Waals surface area contributed by atoms with Crippen LogP contribution in [0.1, 0.15) is 51.7 Å². The van der Waals surface area contributed by atoms with Gasteiger partial charge in [0.05, 0.1) is 0 Å². The number of esters is 2. The number of ether oxygens (including phenoxy) is 4. The number of benzene rings is 1. The molecule has 0 spiro atoms. The van der Waals surface area contributed by atoms with Crippen LogP contribution >= 0.6 is 0 Å². The van der Waals surface area contributed by atoms with Crippen molar-refractivity contribution in [2.45, 2.75) is 65.8 Å². The van der Waals surface area contributed by atoms with Crippen molar-refractivity contribution in [2.24, 2.45) is 0 Å². The third kappa shape index (κ3) is 11.8. The maximum atomic E-state index is 11.9. The highest BCUT2D eigenvalue weighted by Crippen LogP contribution is 2.06. The largest absolute Gasteiger partial charge is 0.462 e. The highest BCUT2D eigenvalue weighted by atomic mass is 16.6. The maximum Gasteiger partial charge on any atom is 0.407 e. The van der Waals surface area contributed by atoms with Gasteiger partial charge in [-0.2, -0.15) is 0 Å². The average molecular weight is 453 g/mol. The third-order valence-electron chi connectivity index (χ3n) is 4.02. The quantitative estimate of drug-likeness (QED) is 0.366. The first-order valence-electron chi connectivity index (χ1n) is 10.5. The first-order chi connectivity index (χ1) is 15.2. The first-order valence-corrected chi connectivity index (χ1v) is 10.5. The fraction of sp³-hybridized carbons (Fsp3) is 0.545. The summed E-state index contributed by atoms with van der Waals surface area (Å²) in [6, 6.07) is 7.25. The fourth-order valence-electron chi connectivity index (χ4n) is 2.34. The predicted molar refractivity (Wildman–Crippen MR) is 115 cm³/mol. The molecule has 0 aliphatic carbocycles. The second kappa shape index (κ2) is 14.7. The summed E-state index contributed by atoms with van der Waals surface area (Å²) in [4.78, 5) is 46.0. The van der Waals surface area contributed by atoms with Crippen molar-refractivity contribution in [3.63, 3.8) is 0 Å². The summed E-state index contributed by atoms with van der Waals surface area (Å²) in [5, 5.41) is 5.24. The standard InChI is InChI=1S/C22H32N2O8/c1-5-19(25)29-13-15(3)31-21(27)23-11-17-8-7-9-18(10-17)12-24-22(28)32-16(4)14-30-20(26)6-2/h7-10,15-16H,5-6,11-14H2,1-4H3,(H,23,27)(H,24,28). The van der Waals surface area contributed by atoms with Gasteiger partial charge in [0.1, 0.15) is 25.4 Å². The summed E-state index contributed by atoms with van der Waals surface area (Å²) in [6.45, 7) is 7.05. The van der Waals surface area contributed by atoms with Gasteiger partial charge in [-0.3, -0.25) is 9.59 Å². The molecule has 1 aromatic rings. The molecule has 1 rings (SSSR count). The van der Waals surface area contributed by atoms with Crippen molar-refractivity contribution < 1.29 is 38.1 Å². The molecule has 0 fully saturated rings. The molecule has 1 aromatic carbocycles. The Hall–Kier alpha value is -3.30. The van der Waals surface area contributed by atoms with Crippen LogP contribution in [0.3, 0.4) is 0 Å². The number of hydrogen-bond acceptors (Lipinski definition) is 8. The molecule has 10 heteroatoms. The molecule has 10 nitrogen and oxygen atoms in total. The van der Waals surface area contributed by atoms with Gasteiger partial charge in [-0.05, 0) is 25.0 Å². The highest BCUT2D eigenvalue weighted by molar-refractivity contribution is 5.70. The van der Waals surface area contributed by atoms with E-state index in [1.165, 1.54) is 0 Å². The van der Waals surface area contributed by atoms with Crippen molar-refractivity contribution in [1.82, 2.24) is 10.6 Å². The van der Waals surface area contributed by atoms with E-state index in [1.54, 1.807) is 33.8 Å². The van der Waals surface area contributed by atoms with Crippen molar-refractivity contribution in [1.29, 1.82) is 0 Å². The Labute approximate surface area is 187 Å². The average Bonchev–Trinajstić information content (AvgIpc) is 2.78. The Kier molecular flexibility index (Phi) is 12.2. The normalized spacial score (nSPS) is 12.1. The van der Waals surface area contributed by atoms with Crippen molar-refractivity contribution in [2.75, 3.05) is 13.2 Å². The van der Waals surface area contributed by atoms with Gasteiger partial charge in [0.2, 0.25) is 0 Å². The number of alkyl carbamates (subject to hydrolysis) is 2. The smallest absolute Gasteiger partial charge is 0.407 e. The Balaban J connectivity index is 2.37. The minimum Gasteiger partial charge on any atom is -0.462 e. The van der Waals surface area contributed by atoms with Gasteiger partial charge in [-0.1, -0.05) is 38.1 Å². The lowest BCUT2D eigenvalue weighted by Crippen LogP contribution is -2.30. The first kappa shape index (κ1) is 26.7. The van der Waals surface area contributed by atoms with E-state index in [4.69, 9.17) is 18.9 Å². The summed E-state index contributed by atoms with van der Waals surface area (Å²) in [7, 11) is 0. The summed E-state index contributed by atoms with van der Waals surface area (Å²) < 4.78 is 20.1. The number of nitrogens with one attached hydrogen (secondary N) is 2. The SMILES string of the molecule is CCC(=O)OCC(C)OC(=O)NCc1cccc(CNC(=O)OC(C)COC(=O)CC)c1. The van der Waals surface area contributed by atoms with E-state index in [-0.39, 0.29) is 51.1 Å². The molecule has 0 bridgehead atoms. The molecular weight excluding hydrogens is 420 g/mol. The van der Waals surface area contributed by atoms with Gasteiger partial charge < -0.3 is 29.6 Å². The van der Waals surface area contributed by atoms with Gasteiger partial charge in [0.25, 0.3) is 0 Å². The third-order valence-corrected chi connectivity index (χ3v) is 4.02. The van der Waals surface area contributed by atoms with Gasteiger partial charge in [-0.25, -0.2) is 9.59 Å². The Morgan fingerprint density at radius 2 is 1.19 bits per heavy atom. The molecule has 32 heavy (non-hydrogen) atoms. The lowest BCUT2D eigenvalue weighted by molar-refractivity contribution is -0.146. The molecule has 178 valence electrons. The molecule has 0 aromatic heterocycles. The number of rotatable bonds is 12. The second-order valence-corrected chi connectivity index (χ2v) is 7.03. The minimum absolute atomic E-state index is 0.00298. The maximum absolute atomic E-state index is 11.9. The lowest BCUT2D eigenvalue weighted by atomic mass is 10.1. The fourth-order valence-corrected chi connectivity index (χ4v) is 2.34. The molecular formula is C22H32N2O8. The summed E-state index contributed by atoms with van der Waals surface area (Å²) in [6.07, 6.45) is -1.88. The van der Waals surface area contributed by atoms with E-state index in [9.17, 15) is 19.2 Å².